The number of aryl methyl sites for hydroxylation is 2. The van der Waals surface area contributed by atoms with Gasteiger partial charge < -0.3 is 24.3 Å². The quantitative estimate of drug-likeness (QED) is 0.359. The molecule has 0 aliphatic carbocycles. The normalized spacial score (nSPS) is 12.4. The molecule has 3 aromatic heterocycles. The Labute approximate surface area is 197 Å². The Morgan fingerprint density at radius 1 is 1.15 bits per heavy atom. The molecule has 8 nitrogen and oxygen atoms in total. The number of nitrogens with zero attached hydrogens (tertiary/aromatic N) is 4. The van der Waals surface area contributed by atoms with Crippen LogP contribution in [0.3, 0.4) is 0 Å². The second-order valence-electron chi connectivity index (χ2n) is 8.30. The number of aliphatic hydroxyl groups is 1. The molecule has 0 saturated carbocycles. The molecule has 5 aromatic rings. The van der Waals surface area contributed by atoms with Crippen molar-refractivity contribution in [2.45, 2.75) is 26.8 Å². The zero-order valence-electron chi connectivity index (χ0n) is 19.7. The molecule has 0 saturated heterocycles. The first-order valence-electron chi connectivity index (χ1n) is 11.2. The summed E-state index contributed by atoms with van der Waals surface area (Å²) in [6.07, 6.45) is 1.79. The van der Waals surface area contributed by atoms with Crippen molar-refractivity contribution in [2.75, 3.05) is 25.6 Å². The summed E-state index contributed by atoms with van der Waals surface area (Å²) in [5, 5.41) is 17.7. The van der Waals surface area contributed by atoms with Crippen LogP contribution >= 0.6 is 0 Å². The van der Waals surface area contributed by atoms with E-state index in [4.69, 9.17) is 19.2 Å². The zero-order chi connectivity index (χ0) is 23.8. The van der Waals surface area contributed by atoms with Crippen LogP contribution in [0.15, 0.2) is 53.2 Å². The molecule has 34 heavy (non-hydrogen) atoms. The first kappa shape index (κ1) is 21.9. The summed E-state index contributed by atoms with van der Waals surface area (Å²) in [6.45, 7) is 6.36. The first-order valence-corrected chi connectivity index (χ1v) is 11.2. The summed E-state index contributed by atoms with van der Waals surface area (Å²) < 4.78 is 13.4. The summed E-state index contributed by atoms with van der Waals surface area (Å²) in [6, 6.07) is 14.3. The van der Waals surface area contributed by atoms with Crippen molar-refractivity contribution in [3.8, 4) is 16.9 Å². The van der Waals surface area contributed by atoms with E-state index in [1.165, 1.54) is 0 Å². The molecule has 0 fully saturated rings. The van der Waals surface area contributed by atoms with Crippen LogP contribution in [0.2, 0.25) is 0 Å². The summed E-state index contributed by atoms with van der Waals surface area (Å²) in [4.78, 5) is 9.54. The fourth-order valence-corrected chi connectivity index (χ4v) is 4.59. The van der Waals surface area contributed by atoms with E-state index in [-0.39, 0.29) is 12.6 Å². The molecule has 0 spiro atoms. The van der Waals surface area contributed by atoms with E-state index in [2.05, 4.69) is 34.1 Å². The predicted octanol–water partition coefficient (Wildman–Crippen LogP) is 4.88. The number of fused-ring (bicyclic) bond motifs is 3. The van der Waals surface area contributed by atoms with Crippen molar-refractivity contribution in [3.05, 3.63) is 65.7 Å². The van der Waals surface area contributed by atoms with Gasteiger partial charge in [-0.25, -0.2) is 4.98 Å². The molecule has 2 N–H and O–H groups in total. The number of methoxy groups -OCH3 is 1. The smallest absolute Gasteiger partial charge is 0.204 e. The first-order chi connectivity index (χ1) is 16.5. The minimum atomic E-state index is -0.00812. The molecule has 0 amide bonds. The van der Waals surface area contributed by atoms with E-state index in [1.807, 2.05) is 44.2 Å². The van der Waals surface area contributed by atoms with Gasteiger partial charge in [-0.05, 0) is 38.5 Å². The van der Waals surface area contributed by atoms with Crippen LogP contribution in [-0.4, -0.2) is 45.1 Å². The van der Waals surface area contributed by atoms with Gasteiger partial charge in [0, 0.05) is 17.5 Å². The summed E-state index contributed by atoms with van der Waals surface area (Å²) >= 11 is 0. The highest BCUT2D eigenvalue weighted by atomic mass is 16.5. The van der Waals surface area contributed by atoms with E-state index in [0.717, 1.165) is 50.1 Å². The van der Waals surface area contributed by atoms with Crippen LogP contribution in [0.1, 0.15) is 30.0 Å². The van der Waals surface area contributed by atoms with Gasteiger partial charge in [0.2, 0.25) is 5.95 Å². The molecule has 0 aliphatic heterocycles. The number of nitrogens with one attached hydrogen (secondary N) is 1. The lowest BCUT2D eigenvalue weighted by Crippen LogP contribution is -2.14. The van der Waals surface area contributed by atoms with E-state index >= 15 is 0 Å². The number of hydrogen-bond acceptors (Lipinski definition) is 7. The molecular weight excluding hydrogens is 430 g/mol. The minimum Gasteiger partial charge on any atom is -0.496 e. The largest absolute Gasteiger partial charge is 0.496 e. The van der Waals surface area contributed by atoms with Crippen molar-refractivity contribution in [2.24, 2.45) is 0 Å². The lowest BCUT2D eigenvalue weighted by molar-refractivity contribution is 0.310. The van der Waals surface area contributed by atoms with Gasteiger partial charge >= 0.3 is 0 Å². The SMILES string of the molecule is COc1cc2c(cc1-c1c(C)noc1C)ncc1nc(NCCO)n([C@H](C)c3ccccc3)c12. The van der Waals surface area contributed by atoms with Gasteiger partial charge in [-0.1, -0.05) is 35.5 Å². The minimum absolute atomic E-state index is 0.00812. The van der Waals surface area contributed by atoms with E-state index in [1.54, 1.807) is 13.3 Å². The number of aliphatic hydroxyl groups excluding tert-OH is 1. The highest BCUT2D eigenvalue weighted by molar-refractivity contribution is 6.05. The predicted molar refractivity (Wildman–Crippen MR) is 132 cm³/mol. The maximum absolute atomic E-state index is 9.41. The van der Waals surface area contributed by atoms with Crippen molar-refractivity contribution in [1.82, 2.24) is 19.7 Å². The lowest BCUT2D eigenvalue weighted by atomic mass is 10.00. The molecule has 1 atom stereocenters. The van der Waals surface area contributed by atoms with Gasteiger partial charge in [-0.15, -0.1) is 0 Å². The van der Waals surface area contributed by atoms with Gasteiger partial charge in [0.1, 0.15) is 17.0 Å². The number of pyridine rings is 1. The van der Waals surface area contributed by atoms with Crippen LogP contribution in [-0.2, 0) is 0 Å². The number of ether oxygens (including phenoxy) is 1. The van der Waals surface area contributed by atoms with Crippen LogP contribution in [0.5, 0.6) is 5.75 Å². The summed E-state index contributed by atoms with van der Waals surface area (Å²) in [5.74, 6) is 2.12. The number of aromatic nitrogens is 4. The summed E-state index contributed by atoms with van der Waals surface area (Å²) in [5.41, 5.74) is 6.29. The molecular formula is C26H27N5O3. The van der Waals surface area contributed by atoms with Crippen molar-refractivity contribution < 1.29 is 14.4 Å². The fraction of sp³-hybridized carbons (Fsp3) is 0.269. The number of imidazole rings is 1. The fourth-order valence-electron chi connectivity index (χ4n) is 4.59. The van der Waals surface area contributed by atoms with Crippen molar-refractivity contribution in [3.63, 3.8) is 0 Å². The molecule has 2 aromatic carbocycles. The maximum atomic E-state index is 9.41. The highest BCUT2D eigenvalue weighted by Gasteiger charge is 2.23. The Kier molecular flexibility index (Phi) is 5.67. The van der Waals surface area contributed by atoms with Crippen molar-refractivity contribution in [1.29, 1.82) is 0 Å². The van der Waals surface area contributed by atoms with Gasteiger partial charge in [0.15, 0.2) is 0 Å². The third-order valence-electron chi connectivity index (χ3n) is 6.20. The standard InChI is InChI=1S/C26H27N5O3/c1-15-24(17(3)34-30-15)20-12-21-19(13-23(20)33-4)25-22(14-28-21)29-26(27-10-11-32)31(25)16(2)18-8-6-5-7-9-18/h5-9,12-14,16,32H,10-11H2,1-4H3,(H,27,29)/t16-/m1/s1. The Morgan fingerprint density at radius 2 is 1.94 bits per heavy atom. The molecule has 0 unspecified atom stereocenters. The monoisotopic (exact) mass is 457 g/mol. The Hall–Kier alpha value is -3.91. The molecule has 0 aliphatic rings. The Balaban J connectivity index is 1.80. The number of anilines is 1. The van der Waals surface area contributed by atoms with Crippen LogP contribution < -0.4 is 10.1 Å². The van der Waals surface area contributed by atoms with Crippen LogP contribution in [0.4, 0.5) is 5.95 Å². The van der Waals surface area contributed by atoms with Crippen LogP contribution in [0, 0.1) is 13.8 Å². The Bertz CT molecular complexity index is 1450. The average molecular weight is 458 g/mol. The Morgan fingerprint density at radius 3 is 2.62 bits per heavy atom. The molecule has 0 bridgehead atoms. The van der Waals surface area contributed by atoms with Gasteiger partial charge in [-0.2, -0.15) is 0 Å². The van der Waals surface area contributed by atoms with E-state index in [0.29, 0.717) is 18.2 Å². The average Bonchev–Trinajstić information content (AvgIpc) is 3.40. The van der Waals surface area contributed by atoms with Crippen LogP contribution in [0.25, 0.3) is 33.1 Å². The molecule has 3 heterocycles. The summed E-state index contributed by atoms with van der Waals surface area (Å²) in [7, 11) is 1.66. The maximum Gasteiger partial charge on any atom is 0.204 e. The van der Waals surface area contributed by atoms with Gasteiger partial charge in [0.05, 0.1) is 48.2 Å². The number of rotatable bonds is 7. The van der Waals surface area contributed by atoms with Gasteiger partial charge in [-0.3, -0.25) is 4.98 Å². The third kappa shape index (κ3) is 3.56. The molecule has 8 heteroatoms. The molecule has 0 radical (unpaired) electrons. The lowest BCUT2D eigenvalue weighted by Gasteiger charge is -2.19. The van der Waals surface area contributed by atoms with E-state index < -0.39 is 0 Å². The van der Waals surface area contributed by atoms with Gasteiger partial charge in [0.25, 0.3) is 0 Å². The van der Waals surface area contributed by atoms with E-state index in [9.17, 15) is 5.11 Å². The second-order valence-corrected chi connectivity index (χ2v) is 8.30. The third-order valence-corrected chi connectivity index (χ3v) is 6.20. The topological polar surface area (TPSA) is 98.2 Å². The highest BCUT2D eigenvalue weighted by Crippen LogP contribution is 2.40. The second kappa shape index (κ2) is 8.79. The number of hydrogen-bond donors (Lipinski definition) is 2. The molecule has 174 valence electrons. The zero-order valence-corrected chi connectivity index (χ0v) is 19.7. The molecule has 5 rings (SSSR count). The van der Waals surface area contributed by atoms with Crippen molar-refractivity contribution >= 4 is 27.9 Å². The number of benzene rings is 2.